The number of halogens is 2. The van der Waals surface area contributed by atoms with Crippen molar-refractivity contribution >= 4 is 27.3 Å². The summed E-state index contributed by atoms with van der Waals surface area (Å²) in [6.07, 6.45) is 4.05. The maximum Gasteiger partial charge on any atom is 0.170 e. The van der Waals surface area contributed by atoms with Crippen molar-refractivity contribution in [2.75, 3.05) is 6.61 Å². The first kappa shape index (κ1) is 18.8. The number of carbonyl (C=O) groups is 1. The van der Waals surface area contributed by atoms with Crippen LogP contribution in [0.25, 0.3) is 5.57 Å². The van der Waals surface area contributed by atoms with Crippen LogP contribution < -0.4 is 4.74 Å². The summed E-state index contributed by atoms with van der Waals surface area (Å²) < 4.78 is 20.0. The molecule has 1 atom stereocenters. The van der Waals surface area contributed by atoms with Gasteiger partial charge in [-0.15, -0.1) is 0 Å². The van der Waals surface area contributed by atoms with Gasteiger partial charge in [0.25, 0.3) is 0 Å². The fourth-order valence-corrected chi connectivity index (χ4v) is 3.68. The number of Topliss-reactive ketones (excluding diaryl/α,β-unsaturated/α-hetero) is 1. The lowest BCUT2D eigenvalue weighted by molar-refractivity contribution is -0.118. The molecule has 0 saturated carbocycles. The summed E-state index contributed by atoms with van der Waals surface area (Å²) >= 11 is 3.40. The van der Waals surface area contributed by atoms with Crippen molar-refractivity contribution in [3.05, 3.63) is 63.6 Å². The lowest BCUT2D eigenvalue weighted by atomic mass is 9.84. The number of fused-ring (bicyclic) bond motifs is 1. The minimum absolute atomic E-state index is 0.00781. The van der Waals surface area contributed by atoms with Gasteiger partial charge in [0.05, 0.1) is 12.5 Å². The van der Waals surface area contributed by atoms with Gasteiger partial charge < -0.3 is 4.74 Å². The molecule has 0 aliphatic carbocycles. The Balaban J connectivity index is 1.92. The van der Waals surface area contributed by atoms with E-state index in [0.29, 0.717) is 24.4 Å². The average Bonchev–Trinajstić information content (AvgIpc) is 2.62. The van der Waals surface area contributed by atoms with Crippen molar-refractivity contribution in [1.82, 2.24) is 4.98 Å². The molecule has 26 heavy (non-hydrogen) atoms. The first-order chi connectivity index (χ1) is 12.4. The molecular formula is C21H21BrFNO2. The van der Waals surface area contributed by atoms with Crippen LogP contribution in [-0.4, -0.2) is 17.4 Å². The predicted octanol–water partition coefficient (Wildman–Crippen LogP) is 5.33. The number of benzene rings is 1. The van der Waals surface area contributed by atoms with E-state index in [2.05, 4.69) is 34.8 Å². The molecule has 0 amide bonds. The summed E-state index contributed by atoms with van der Waals surface area (Å²) in [5, 5.41) is 0. The molecule has 136 valence electrons. The summed E-state index contributed by atoms with van der Waals surface area (Å²) in [5.41, 5.74) is 3.29. The molecule has 2 aromatic rings. The minimum Gasteiger partial charge on any atom is -0.493 e. The van der Waals surface area contributed by atoms with Crippen molar-refractivity contribution in [1.29, 1.82) is 0 Å². The highest BCUT2D eigenvalue weighted by molar-refractivity contribution is 9.10. The summed E-state index contributed by atoms with van der Waals surface area (Å²) in [5.74, 6) is 0.272. The van der Waals surface area contributed by atoms with E-state index < -0.39 is 0 Å². The molecule has 1 unspecified atom stereocenters. The summed E-state index contributed by atoms with van der Waals surface area (Å²) in [6.45, 7) is 6.34. The second-order valence-corrected chi connectivity index (χ2v) is 7.59. The first-order valence-electron chi connectivity index (χ1n) is 8.68. The van der Waals surface area contributed by atoms with Crippen LogP contribution in [0.4, 0.5) is 4.39 Å². The molecule has 0 fully saturated rings. The van der Waals surface area contributed by atoms with Crippen LogP contribution in [0.15, 0.2) is 41.1 Å². The SMILES string of the molecule is C/C=C(/C(=O)C1COc2ccc(F)cc2C1)c1cnc(Br)cc1C(C)C. The maximum atomic E-state index is 13.5. The number of carbonyl (C=O) groups excluding carboxylic acids is 1. The Morgan fingerprint density at radius 2 is 2.15 bits per heavy atom. The highest BCUT2D eigenvalue weighted by Crippen LogP contribution is 2.33. The van der Waals surface area contributed by atoms with E-state index >= 15 is 0 Å². The second kappa shape index (κ2) is 7.70. The van der Waals surface area contributed by atoms with Gasteiger partial charge in [-0.2, -0.15) is 0 Å². The number of nitrogens with zero attached hydrogens (tertiary/aromatic N) is 1. The molecule has 0 N–H and O–H groups in total. The lowest BCUT2D eigenvalue weighted by Gasteiger charge is -2.26. The van der Waals surface area contributed by atoms with Crippen LogP contribution in [0.5, 0.6) is 5.75 Å². The van der Waals surface area contributed by atoms with Gasteiger partial charge in [-0.05, 0) is 70.6 Å². The van der Waals surface area contributed by atoms with E-state index in [1.54, 1.807) is 12.3 Å². The molecule has 3 rings (SSSR count). The maximum absolute atomic E-state index is 13.5. The lowest BCUT2D eigenvalue weighted by Crippen LogP contribution is -2.29. The Kier molecular flexibility index (Phi) is 5.56. The summed E-state index contributed by atoms with van der Waals surface area (Å²) in [7, 11) is 0. The van der Waals surface area contributed by atoms with Crippen molar-refractivity contribution in [2.45, 2.75) is 33.1 Å². The zero-order valence-electron chi connectivity index (χ0n) is 15.1. The van der Waals surface area contributed by atoms with E-state index in [0.717, 1.165) is 21.3 Å². The van der Waals surface area contributed by atoms with E-state index in [1.165, 1.54) is 12.1 Å². The Morgan fingerprint density at radius 1 is 1.38 bits per heavy atom. The fourth-order valence-electron chi connectivity index (χ4n) is 3.33. The van der Waals surface area contributed by atoms with Crippen LogP contribution in [-0.2, 0) is 11.2 Å². The van der Waals surface area contributed by atoms with E-state index in [-0.39, 0.29) is 23.4 Å². The number of pyridine rings is 1. The monoisotopic (exact) mass is 417 g/mol. The van der Waals surface area contributed by atoms with E-state index in [9.17, 15) is 9.18 Å². The minimum atomic E-state index is -0.334. The van der Waals surface area contributed by atoms with Gasteiger partial charge >= 0.3 is 0 Å². The van der Waals surface area contributed by atoms with Crippen molar-refractivity contribution in [3.8, 4) is 5.75 Å². The molecule has 5 heteroatoms. The van der Waals surface area contributed by atoms with Gasteiger partial charge in [-0.25, -0.2) is 9.37 Å². The third-order valence-electron chi connectivity index (χ3n) is 4.67. The Hall–Kier alpha value is -2.01. The third-order valence-corrected chi connectivity index (χ3v) is 5.10. The van der Waals surface area contributed by atoms with Gasteiger partial charge in [-0.3, -0.25) is 4.79 Å². The van der Waals surface area contributed by atoms with Gasteiger partial charge in [-0.1, -0.05) is 19.9 Å². The number of rotatable bonds is 4. The van der Waals surface area contributed by atoms with Gasteiger partial charge in [0.15, 0.2) is 5.78 Å². The number of allylic oxidation sites excluding steroid dienone is 2. The van der Waals surface area contributed by atoms with E-state index in [4.69, 9.17) is 4.74 Å². The number of hydrogen-bond donors (Lipinski definition) is 0. The largest absolute Gasteiger partial charge is 0.493 e. The van der Waals surface area contributed by atoms with Crippen LogP contribution >= 0.6 is 15.9 Å². The Bertz CT molecular complexity index is 876. The molecule has 0 spiro atoms. The Labute approximate surface area is 161 Å². The molecule has 0 saturated heterocycles. The normalized spacial score (nSPS) is 17.0. The Morgan fingerprint density at radius 3 is 2.85 bits per heavy atom. The zero-order valence-corrected chi connectivity index (χ0v) is 16.6. The number of aromatic nitrogens is 1. The molecule has 0 bridgehead atoms. The van der Waals surface area contributed by atoms with Crippen molar-refractivity contribution < 1.29 is 13.9 Å². The second-order valence-electron chi connectivity index (χ2n) is 6.78. The number of hydrogen-bond acceptors (Lipinski definition) is 3. The molecule has 0 radical (unpaired) electrons. The molecule has 3 nitrogen and oxygen atoms in total. The standard InChI is InChI=1S/C21H21BrFNO2/c1-4-16(18-10-24-20(22)9-17(18)12(2)3)21(25)14-7-13-8-15(23)5-6-19(13)26-11-14/h4-6,8-10,12,14H,7,11H2,1-3H3/b16-4+. The van der Waals surface area contributed by atoms with Crippen LogP contribution in [0.2, 0.25) is 0 Å². The molecule has 1 aromatic carbocycles. The van der Waals surface area contributed by atoms with Crippen LogP contribution in [0.3, 0.4) is 0 Å². The molecule has 1 aliphatic rings. The van der Waals surface area contributed by atoms with Crippen LogP contribution in [0.1, 0.15) is 43.4 Å². The first-order valence-corrected chi connectivity index (χ1v) is 9.47. The zero-order chi connectivity index (χ0) is 18.8. The van der Waals surface area contributed by atoms with Crippen LogP contribution in [0, 0.1) is 11.7 Å². The van der Waals surface area contributed by atoms with Gasteiger partial charge in [0, 0.05) is 17.3 Å². The molecule has 1 aromatic heterocycles. The average molecular weight is 418 g/mol. The smallest absolute Gasteiger partial charge is 0.170 e. The van der Waals surface area contributed by atoms with Crippen molar-refractivity contribution in [2.24, 2.45) is 5.92 Å². The van der Waals surface area contributed by atoms with Crippen molar-refractivity contribution in [3.63, 3.8) is 0 Å². The van der Waals surface area contributed by atoms with Gasteiger partial charge in [0.2, 0.25) is 0 Å². The molecule has 2 heterocycles. The highest BCUT2D eigenvalue weighted by Gasteiger charge is 2.30. The van der Waals surface area contributed by atoms with E-state index in [1.807, 2.05) is 19.1 Å². The quantitative estimate of drug-likeness (QED) is 0.498. The highest BCUT2D eigenvalue weighted by atomic mass is 79.9. The van der Waals surface area contributed by atoms with Gasteiger partial charge in [0.1, 0.15) is 16.2 Å². The molecular weight excluding hydrogens is 397 g/mol. The number of ketones is 1. The number of ether oxygens (including phenoxy) is 1. The predicted molar refractivity (Wildman–Crippen MR) is 104 cm³/mol. The summed E-state index contributed by atoms with van der Waals surface area (Å²) in [4.78, 5) is 17.5. The molecule has 1 aliphatic heterocycles. The topological polar surface area (TPSA) is 39.2 Å². The third kappa shape index (κ3) is 3.73. The fraction of sp³-hybridized carbons (Fsp3) is 0.333. The summed E-state index contributed by atoms with van der Waals surface area (Å²) in [6, 6.07) is 6.40.